The number of rotatable bonds is 0. The lowest BCUT2D eigenvalue weighted by Crippen LogP contribution is -2.16. The molecule has 0 aromatic carbocycles. The zero-order valence-electron chi connectivity index (χ0n) is 4.49. The molecule has 0 aliphatic carbocycles. The monoisotopic (exact) mass is 150 g/mol. The van der Waals surface area contributed by atoms with Crippen molar-refractivity contribution in [1.82, 2.24) is 10.2 Å². The number of nitrogens with one attached hydrogen (secondary N) is 1. The lowest BCUT2D eigenvalue weighted by molar-refractivity contribution is 0.406. The van der Waals surface area contributed by atoms with Crippen molar-refractivity contribution in [3.63, 3.8) is 0 Å². The van der Waals surface area contributed by atoms with Gasteiger partial charge in [-0.15, -0.1) is 5.10 Å². The SMILES string of the molecule is O=c1[nH]nc(F)c(F)c1F. The van der Waals surface area contributed by atoms with Gasteiger partial charge in [-0.3, -0.25) is 4.79 Å². The van der Waals surface area contributed by atoms with Crippen LogP contribution in [0.2, 0.25) is 0 Å². The fourth-order valence-electron chi connectivity index (χ4n) is 0.388. The highest BCUT2D eigenvalue weighted by Crippen LogP contribution is 1.99. The van der Waals surface area contributed by atoms with Crippen LogP contribution in [0, 0.1) is 17.6 Å². The second-order valence-corrected chi connectivity index (χ2v) is 1.47. The summed E-state index contributed by atoms with van der Waals surface area (Å²) < 4.78 is 35.8. The summed E-state index contributed by atoms with van der Waals surface area (Å²) >= 11 is 0. The maximum absolute atomic E-state index is 12.0. The van der Waals surface area contributed by atoms with Crippen molar-refractivity contribution >= 4 is 0 Å². The summed E-state index contributed by atoms with van der Waals surface area (Å²) in [6.07, 6.45) is 0. The predicted octanol–water partition coefficient (Wildman–Crippen LogP) is 0.187. The molecular formula is C4HF3N2O. The van der Waals surface area contributed by atoms with Gasteiger partial charge in [0.15, 0.2) is 0 Å². The number of halogens is 3. The van der Waals surface area contributed by atoms with E-state index in [-0.39, 0.29) is 0 Å². The molecule has 0 saturated heterocycles. The Hall–Kier alpha value is -1.33. The molecule has 54 valence electrons. The Kier molecular flexibility index (Phi) is 1.44. The van der Waals surface area contributed by atoms with Gasteiger partial charge in [-0.25, -0.2) is 5.10 Å². The maximum Gasteiger partial charge on any atom is 0.303 e. The van der Waals surface area contributed by atoms with E-state index in [1.165, 1.54) is 5.10 Å². The standard InChI is InChI=1S/C4HF3N2O/c5-1-2(6)4(10)9-8-3(1)7/h(H,9,10). The van der Waals surface area contributed by atoms with Gasteiger partial charge in [0.25, 0.3) is 5.95 Å². The highest BCUT2D eigenvalue weighted by atomic mass is 19.2. The van der Waals surface area contributed by atoms with E-state index in [0.29, 0.717) is 0 Å². The minimum absolute atomic E-state index is 1.38. The molecule has 3 nitrogen and oxygen atoms in total. The first-order valence-corrected chi connectivity index (χ1v) is 2.22. The minimum atomic E-state index is -1.86. The molecule has 1 heterocycles. The molecule has 0 bridgehead atoms. The lowest BCUT2D eigenvalue weighted by Gasteiger charge is -1.88. The van der Waals surface area contributed by atoms with Gasteiger partial charge in [0.05, 0.1) is 0 Å². The quantitative estimate of drug-likeness (QED) is 0.573. The van der Waals surface area contributed by atoms with E-state index in [9.17, 15) is 18.0 Å². The first-order valence-electron chi connectivity index (χ1n) is 2.22. The van der Waals surface area contributed by atoms with Crippen molar-refractivity contribution in [1.29, 1.82) is 0 Å². The van der Waals surface area contributed by atoms with Crippen LogP contribution >= 0.6 is 0 Å². The molecule has 1 aromatic heterocycles. The van der Waals surface area contributed by atoms with E-state index >= 15 is 0 Å². The topological polar surface area (TPSA) is 45.8 Å². The van der Waals surface area contributed by atoms with Crippen molar-refractivity contribution in [2.24, 2.45) is 0 Å². The van der Waals surface area contributed by atoms with Crippen LogP contribution in [0.1, 0.15) is 0 Å². The van der Waals surface area contributed by atoms with Crippen molar-refractivity contribution in [2.45, 2.75) is 0 Å². The molecule has 1 N–H and O–H groups in total. The number of hydrogen-bond donors (Lipinski definition) is 1. The van der Waals surface area contributed by atoms with E-state index in [2.05, 4.69) is 5.10 Å². The lowest BCUT2D eigenvalue weighted by atomic mass is 10.5. The van der Waals surface area contributed by atoms with Crippen LogP contribution in [-0.4, -0.2) is 10.2 Å². The largest absolute Gasteiger partial charge is 0.303 e. The third-order valence-electron chi connectivity index (χ3n) is 0.829. The minimum Gasteiger partial charge on any atom is -0.265 e. The Labute approximate surface area is 52.5 Å². The van der Waals surface area contributed by atoms with E-state index in [0.717, 1.165) is 0 Å². The van der Waals surface area contributed by atoms with Gasteiger partial charge in [0.1, 0.15) is 0 Å². The van der Waals surface area contributed by atoms with Gasteiger partial charge in [0, 0.05) is 0 Å². The molecule has 6 heteroatoms. The predicted molar refractivity (Wildman–Crippen MR) is 24.7 cm³/mol. The van der Waals surface area contributed by atoms with Gasteiger partial charge in [-0.05, 0) is 0 Å². The number of aromatic amines is 1. The van der Waals surface area contributed by atoms with Crippen LogP contribution in [0.5, 0.6) is 0 Å². The van der Waals surface area contributed by atoms with Gasteiger partial charge < -0.3 is 0 Å². The summed E-state index contributed by atoms with van der Waals surface area (Å²) in [6, 6.07) is 0. The first-order chi connectivity index (χ1) is 4.63. The van der Waals surface area contributed by atoms with Crippen LogP contribution in [0.4, 0.5) is 13.2 Å². The number of H-pyrrole nitrogens is 1. The van der Waals surface area contributed by atoms with E-state index in [4.69, 9.17) is 0 Å². The van der Waals surface area contributed by atoms with E-state index in [1.54, 1.807) is 0 Å². The molecule has 0 aliphatic heterocycles. The average Bonchev–Trinajstić information content (AvgIpc) is 1.93. The Bertz CT molecular complexity index is 308. The molecular weight excluding hydrogens is 149 g/mol. The number of nitrogens with zero attached hydrogens (tertiary/aromatic N) is 1. The van der Waals surface area contributed by atoms with Gasteiger partial charge in [0.2, 0.25) is 11.6 Å². The third kappa shape index (κ3) is 0.873. The fourth-order valence-corrected chi connectivity index (χ4v) is 0.388. The van der Waals surface area contributed by atoms with Gasteiger partial charge in [-0.1, -0.05) is 0 Å². The van der Waals surface area contributed by atoms with Crippen LogP contribution in [0.15, 0.2) is 4.79 Å². The summed E-state index contributed by atoms with van der Waals surface area (Å²) in [4.78, 5) is 10.1. The summed E-state index contributed by atoms with van der Waals surface area (Å²) in [7, 11) is 0. The Morgan fingerprint density at radius 1 is 1.20 bits per heavy atom. The van der Waals surface area contributed by atoms with Crippen molar-refractivity contribution < 1.29 is 13.2 Å². The molecule has 0 fully saturated rings. The molecule has 0 radical (unpaired) electrons. The van der Waals surface area contributed by atoms with Crippen LogP contribution < -0.4 is 5.56 Å². The second kappa shape index (κ2) is 2.13. The van der Waals surface area contributed by atoms with Crippen LogP contribution in [0.25, 0.3) is 0 Å². The molecule has 1 aromatic rings. The second-order valence-electron chi connectivity index (χ2n) is 1.47. The fraction of sp³-hybridized carbons (Fsp3) is 0. The average molecular weight is 150 g/mol. The molecule has 0 amide bonds. The van der Waals surface area contributed by atoms with Gasteiger partial charge in [-0.2, -0.15) is 13.2 Å². The highest BCUT2D eigenvalue weighted by molar-refractivity contribution is 4.94. The third-order valence-corrected chi connectivity index (χ3v) is 0.829. The number of aromatic nitrogens is 2. The van der Waals surface area contributed by atoms with Gasteiger partial charge >= 0.3 is 5.56 Å². The number of hydrogen-bond acceptors (Lipinski definition) is 2. The maximum atomic E-state index is 12.0. The summed E-state index contributed by atoms with van der Waals surface area (Å²) in [6.45, 7) is 0. The zero-order valence-corrected chi connectivity index (χ0v) is 4.49. The van der Waals surface area contributed by atoms with Crippen LogP contribution in [0.3, 0.4) is 0 Å². The van der Waals surface area contributed by atoms with E-state index < -0.39 is 23.1 Å². The molecule has 0 spiro atoms. The first kappa shape index (κ1) is 6.79. The molecule has 0 aliphatic rings. The smallest absolute Gasteiger partial charge is 0.265 e. The summed E-state index contributed by atoms with van der Waals surface area (Å²) in [5.74, 6) is -5.30. The van der Waals surface area contributed by atoms with Crippen molar-refractivity contribution in [3.05, 3.63) is 27.9 Å². The van der Waals surface area contributed by atoms with Crippen molar-refractivity contribution in [3.8, 4) is 0 Å². The Morgan fingerprint density at radius 2 is 1.80 bits per heavy atom. The van der Waals surface area contributed by atoms with Crippen molar-refractivity contribution in [2.75, 3.05) is 0 Å². The molecule has 10 heavy (non-hydrogen) atoms. The molecule has 1 rings (SSSR count). The zero-order chi connectivity index (χ0) is 7.72. The summed E-state index contributed by atoms with van der Waals surface area (Å²) in [5.41, 5.74) is -1.38. The van der Waals surface area contributed by atoms with Crippen LogP contribution in [-0.2, 0) is 0 Å². The van der Waals surface area contributed by atoms with E-state index in [1.807, 2.05) is 0 Å². The normalized spacial score (nSPS) is 9.90. The molecule has 0 atom stereocenters. The Balaban J connectivity index is 3.49. The molecule has 0 unspecified atom stereocenters. The molecule has 0 saturated carbocycles. The highest BCUT2D eigenvalue weighted by Gasteiger charge is 2.12. The summed E-state index contributed by atoms with van der Waals surface area (Å²) in [5, 5.41) is 3.93. The Morgan fingerprint density at radius 3 is 2.30 bits per heavy atom.